The molecule has 2 heterocycles. The van der Waals surface area contributed by atoms with Gasteiger partial charge in [0, 0.05) is 17.8 Å². The highest BCUT2D eigenvalue weighted by atomic mass is 35.5. The lowest BCUT2D eigenvalue weighted by molar-refractivity contribution is -0.117. The number of rotatable bonds is 7. The number of piperidine rings is 1. The van der Waals surface area contributed by atoms with Crippen molar-refractivity contribution < 1.29 is 14.3 Å². The number of halogens is 1. The summed E-state index contributed by atoms with van der Waals surface area (Å²) in [4.78, 5) is 26.6. The third-order valence-electron chi connectivity index (χ3n) is 5.31. The lowest BCUT2D eigenvalue weighted by Crippen LogP contribution is -2.33. The predicted molar refractivity (Wildman–Crippen MR) is 112 cm³/mol. The van der Waals surface area contributed by atoms with Gasteiger partial charge in [0.05, 0.1) is 10.3 Å². The summed E-state index contributed by atoms with van der Waals surface area (Å²) < 4.78 is 6.62. The minimum absolute atomic E-state index is 0.0371. The number of likely N-dealkylation sites (tertiary alicyclic amines) is 1. The van der Waals surface area contributed by atoms with Crippen LogP contribution in [0.2, 0.25) is 5.02 Å². The first-order valence-electron chi connectivity index (χ1n) is 9.75. The number of amides is 2. The smallest absolute Gasteiger partial charge is 0.252 e. The number of primary amides is 1. The molecule has 2 amide bonds. The Hall–Kier alpha value is -1.83. The first-order valence-corrected chi connectivity index (χ1v) is 10.9. The number of hydrogen-bond donors (Lipinski definition) is 2. The number of anilines is 1. The van der Waals surface area contributed by atoms with E-state index in [1.807, 2.05) is 0 Å². The van der Waals surface area contributed by atoms with Crippen LogP contribution in [0.25, 0.3) is 10.1 Å². The third-order valence-corrected chi connectivity index (χ3v) is 6.93. The number of nitrogens with one attached hydrogen (secondary N) is 1. The SMILES string of the molecule is NC(=O)c1c(NC(=O)C2CC2)sc2c(Cl)c(OCCN3CCCCC3)ccc12. The molecule has 0 unspecified atom stereocenters. The summed E-state index contributed by atoms with van der Waals surface area (Å²) in [5.74, 6) is -0.0195. The van der Waals surface area contributed by atoms with Gasteiger partial charge in [0.1, 0.15) is 22.4 Å². The largest absolute Gasteiger partial charge is 0.491 e. The average Bonchev–Trinajstić information content (AvgIpc) is 3.46. The third kappa shape index (κ3) is 4.11. The number of carbonyl (C=O) groups is 2. The maximum absolute atomic E-state index is 12.2. The fourth-order valence-electron chi connectivity index (χ4n) is 3.58. The molecule has 1 aliphatic heterocycles. The Morgan fingerprint density at radius 1 is 1.25 bits per heavy atom. The number of benzene rings is 1. The summed E-state index contributed by atoms with van der Waals surface area (Å²) in [5, 5.41) is 4.42. The zero-order valence-corrected chi connectivity index (χ0v) is 17.2. The molecule has 6 nitrogen and oxygen atoms in total. The zero-order chi connectivity index (χ0) is 19.7. The van der Waals surface area contributed by atoms with Crippen molar-refractivity contribution in [2.24, 2.45) is 11.7 Å². The van der Waals surface area contributed by atoms with E-state index in [4.69, 9.17) is 22.1 Å². The van der Waals surface area contributed by atoms with Crippen LogP contribution in [0.5, 0.6) is 5.75 Å². The highest BCUT2D eigenvalue weighted by molar-refractivity contribution is 7.24. The number of nitrogens with zero attached hydrogens (tertiary/aromatic N) is 1. The molecular formula is C20H24ClN3O3S. The van der Waals surface area contributed by atoms with Gasteiger partial charge in [-0.3, -0.25) is 14.5 Å². The summed E-state index contributed by atoms with van der Waals surface area (Å²) >= 11 is 7.84. The Labute approximate surface area is 173 Å². The van der Waals surface area contributed by atoms with Gasteiger partial charge in [0.15, 0.2) is 0 Å². The second-order valence-corrected chi connectivity index (χ2v) is 8.84. The normalized spacial score (nSPS) is 17.6. The van der Waals surface area contributed by atoms with Gasteiger partial charge in [0.2, 0.25) is 5.91 Å². The lowest BCUT2D eigenvalue weighted by Gasteiger charge is -2.26. The molecule has 1 aliphatic carbocycles. The molecule has 150 valence electrons. The average molecular weight is 422 g/mol. The highest BCUT2D eigenvalue weighted by Gasteiger charge is 2.31. The second kappa shape index (κ2) is 8.27. The highest BCUT2D eigenvalue weighted by Crippen LogP contribution is 2.44. The van der Waals surface area contributed by atoms with Gasteiger partial charge < -0.3 is 15.8 Å². The molecule has 0 spiro atoms. The van der Waals surface area contributed by atoms with Gasteiger partial charge in [-0.15, -0.1) is 11.3 Å². The van der Waals surface area contributed by atoms with E-state index in [-0.39, 0.29) is 11.8 Å². The number of nitrogens with two attached hydrogens (primary N) is 1. The van der Waals surface area contributed by atoms with Crippen molar-refractivity contribution in [3.05, 3.63) is 22.7 Å². The minimum Gasteiger partial charge on any atom is -0.491 e. The van der Waals surface area contributed by atoms with Crippen LogP contribution in [0.1, 0.15) is 42.5 Å². The van der Waals surface area contributed by atoms with Crippen LogP contribution in [-0.4, -0.2) is 43.0 Å². The maximum atomic E-state index is 12.2. The van der Waals surface area contributed by atoms with Gasteiger partial charge in [-0.25, -0.2) is 0 Å². The van der Waals surface area contributed by atoms with Gasteiger partial charge in [-0.1, -0.05) is 18.0 Å². The summed E-state index contributed by atoms with van der Waals surface area (Å²) in [6.45, 7) is 3.67. The molecule has 2 aromatic rings. The Morgan fingerprint density at radius 3 is 2.68 bits per heavy atom. The Bertz CT molecular complexity index is 904. The van der Waals surface area contributed by atoms with Crippen molar-refractivity contribution in [2.75, 3.05) is 31.6 Å². The Morgan fingerprint density at radius 2 is 2.00 bits per heavy atom. The Balaban J connectivity index is 1.53. The quantitative estimate of drug-likeness (QED) is 0.710. The number of thiophene rings is 1. The van der Waals surface area contributed by atoms with Crippen molar-refractivity contribution in [2.45, 2.75) is 32.1 Å². The van der Waals surface area contributed by atoms with Crippen LogP contribution in [-0.2, 0) is 4.79 Å². The molecule has 4 rings (SSSR count). The zero-order valence-electron chi connectivity index (χ0n) is 15.6. The van der Waals surface area contributed by atoms with Crippen molar-refractivity contribution >= 4 is 49.8 Å². The second-order valence-electron chi connectivity index (χ2n) is 7.44. The van der Waals surface area contributed by atoms with Crippen LogP contribution in [0.3, 0.4) is 0 Å². The molecule has 0 bridgehead atoms. The molecule has 2 aliphatic rings. The van der Waals surface area contributed by atoms with Crippen molar-refractivity contribution in [1.29, 1.82) is 0 Å². The van der Waals surface area contributed by atoms with Crippen LogP contribution in [0, 0.1) is 5.92 Å². The Kier molecular flexibility index (Phi) is 5.75. The molecule has 3 N–H and O–H groups in total. The first-order chi connectivity index (χ1) is 13.5. The molecule has 0 radical (unpaired) electrons. The molecule has 1 saturated carbocycles. The standard InChI is InChI=1S/C20H24ClN3O3S/c21-16-14(27-11-10-24-8-2-1-3-9-24)7-6-13-15(18(22)25)20(28-17(13)16)23-19(26)12-4-5-12/h6-7,12H,1-5,8-11H2,(H2,22,25)(H,23,26). The van der Waals surface area contributed by atoms with Crippen LogP contribution in [0.4, 0.5) is 5.00 Å². The van der Waals surface area contributed by atoms with Gasteiger partial charge in [0.25, 0.3) is 5.91 Å². The van der Waals surface area contributed by atoms with Crippen molar-refractivity contribution in [3.8, 4) is 5.75 Å². The molecule has 0 atom stereocenters. The van der Waals surface area contributed by atoms with Gasteiger partial charge in [-0.05, 0) is 50.9 Å². The molecule has 1 saturated heterocycles. The van der Waals surface area contributed by atoms with Crippen molar-refractivity contribution in [1.82, 2.24) is 4.90 Å². The van der Waals surface area contributed by atoms with Gasteiger partial charge >= 0.3 is 0 Å². The summed E-state index contributed by atoms with van der Waals surface area (Å²) in [6, 6.07) is 3.56. The molecule has 1 aromatic heterocycles. The van der Waals surface area contributed by atoms with E-state index in [1.165, 1.54) is 30.6 Å². The summed E-state index contributed by atoms with van der Waals surface area (Å²) in [5.41, 5.74) is 5.90. The predicted octanol–water partition coefficient (Wildman–Crippen LogP) is 3.87. The topological polar surface area (TPSA) is 84.7 Å². The van der Waals surface area contributed by atoms with Gasteiger partial charge in [-0.2, -0.15) is 0 Å². The fourth-order valence-corrected chi connectivity index (χ4v) is 5.06. The van der Waals surface area contributed by atoms with E-state index in [0.29, 0.717) is 38.0 Å². The maximum Gasteiger partial charge on any atom is 0.252 e. The number of carbonyl (C=O) groups excluding carboxylic acids is 2. The first kappa shape index (κ1) is 19.5. The minimum atomic E-state index is -0.577. The van der Waals surface area contributed by atoms with E-state index >= 15 is 0 Å². The van der Waals surface area contributed by atoms with E-state index in [9.17, 15) is 9.59 Å². The van der Waals surface area contributed by atoms with E-state index in [1.54, 1.807) is 12.1 Å². The lowest BCUT2D eigenvalue weighted by atomic mass is 10.1. The molecule has 2 fully saturated rings. The molecule has 28 heavy (non-hydrogen) atoms. The fraction of sp³-hybridized carbons (Fsp3) is 0.500. The molecule has 1 aromatic carbocycles. The van der Waals surface area contributed by atoms with E-state index in [0.717, 1.165) is 32.5 Å². The number of fused-ring (bicyclic) bond motifs is 1. The van der Waals surface area contributed by atoms with E-state index in [2.05, 4.69) is 10.2 Å². The monoisotopic (exact) mass is 421 g/mol. The molecular weight excluding hydrogens is 398 g/mol. The van der Waals surface area contributed by atoms with Crippen LogP contribution >= 0.6 is 22.9 Å². The number of hydrogen-bond acceptors (Lipinski definition) is 5. The summed E-state index contributed by atoms with van der Waals surface area (Å²) in [6.07, 6.45) is 5.57. The van der Waals surface area contributed by atoms with Crippen LogP contribution in [0.15, 0.2) is 12.1 Å². The van der Waals surface area contributed by atoms with Crippen molar-refractivity contribution in [3.63, 3.8) is 0 Å². The van der Waals surface area contributed by atoms with Crippen LogP contribution < -0.4 is 15.8 Å². The number of ether oxygens (including phenoxy) is 1. The van der Waals surface area contributed by atoms with E-state index < -0.39 is 5.91 Å². The summed E-state index contributed by atoms with van der Waals surface area (Å²) in [7, 11) is 0. The molecule has 8 heteroatoms.